The first-order valence-electron chi connectivity index (χ1n) is 38.8. The minimum atomic E-state index is -0.842. The van der Waals surface area contributed by atoms with Crippen LogP contribution in [-0.2, 0) is 5.60 Å². The summed E-state index contributed by atoms with van der Waals surface area (Å²) < 4.78 is 36.4. The van der Waals surface area contributed by atoms with E-state index >= 15 is 0 Å². The summed E-state index contributed by atoms with van der Waals surface area (Å²) in [5.41, 5.74) is 23.2. The Morgan fingerprint density at radius 1 is 0.400 bits per heavy atom. The molecule has 580 valence electrons. The summed E-state index contributed by atoms with van der Waals surface area (Å²) in [5, 5.41) is 37.4. The molecule has 6 heterocycles. The number of hydrogen-bond acceptors (Lipinski definition) is 14. The van der Waals surface area contributed by atoms with Crippen LogP contribution in [0.25, 0.3) is 122 Å². The van der Waals surface area contributed by atoms with E-state index in [0.717, 1.165) is 151 Å². The van der Waals surface area contributed by atoms with Gasteiger partial charge in [0.25, 0.3) is 0 Å². The fourth-order valence-corrected chi connectivity index (χ4v) is 13.5. The quantitative estimate of drug-likeness (QED) is 0.0681. The molecule has 0 spiro atoms. The molecule has 2 N–H and O–H groups in total. The number of aryl methyl sites for hydroxylation is 1. The van der Waals surface area contributed by atoms with Gasteiger partial charge in [0.1, 0.15) is 50.9 Å². The number of hydrogen-bond donors (Lipinski definition) is 2. The van der Waals surface area contributed by atoms with Gasteiger partial charge in [-0.3, -0.25) is 9.20 Å². The van der Waals surface area contributed by atoms with Gasteiger partial charge in [0.15, 0.2) is 5.78 Å². The third-order valence-electron chi connectivity index (χ3n) is 19.0. The van der Waals surface area contributed by atoms with Gasteiger partial charge in [-0.2, -0.15) is 0 Å². The molecule has 0 atom stereocenters. The molecule has 17 aromatic rings. The normalized spacial score (nSPS) is 11.5. The van der Waals surface area contributed by atoms with Crippen molar-refractivity contribution in [1.29, 1.82) is 0 Å². The smallest absolute Gasteiger partial charge is 0.159 e. The number of aromatic amines is 1. The number of pyridine rings is 1. The van der Waals surface area contributed by atoms with Crippen LogP contribution in [0, 0.1) is 6.92 Å². The number of rotatable bonds is 20. The zero-order valence-electron chi connectivity index (χ0n) is 67.2. The number of aromatic nitrogens is 12. The average Bonchev–Trinajstić information content (AvgIpc) is 1.68. The fraction of sp³-hybridized carbons (Fsp3) is 0.208. The first-order chi connectivity index (χ1) is 55.4. The maximum Gasteiger partial charge on any atom is 0.159 e. The highest BCUT2D eigenvalue weighted by molar-refractivity contribution is 5.95. The Bertz CT molecular complexity index is 6170. The monoisotopic (exact) mass is 1530 g/mol. The van der Waals surface area contributed by atoms with Crippen LogP contribution in [0.3, 0.4) is 0 Å². The van der Waals surface area contributed by atoms with Crippen LogP contribution in [0.15, 0.2) is 273 Å². The second kappa shape index (κ2) is 34.2. The number of nitrogens with zero attached hydrogens (tertiary/aromatic N) is 11. The molecule has 0 saturated carbocycles. The number of fused-ring (bicyclic) bond motifs is 5. The number of nitrogens with one attached hydrogen (secondary N) is 1. The van der Waals surface area contributed by atoms with Crippen molar-refractivity contribution in [2.45, 2.75) is 133 Å². The van der Waals surface area contributed by atoms with Crippen LogP contribution >= 0.6 is 0 Å². The van der Waals surface area contributed by atoms with E-state index in [1.165, 1.54) is 10.9 Å². The highest BCUT2D eigenvalue weighted by atomic mass is 16.5. The van der Waals surface area contributed by atoms with Crippen LogP contribution in [-0.4, -0.2) is 101 Å². The molecule has 0 unspecified atom stereocenters. The summed E-state index contributed by atoms with van der Waals surface area (Å²) in [5.74, 6) is 4.33. The van der Waals surface area contributed by atoms with E-state index in [-0.39, 0.29) is 36.3 Å². The summed E-state index contributed by atoms with van der Waals surface area (Å²) in [6.45, 7) is 27.4. The van der Waals surface area contributed by atoms with Crippen molar-refractivity contribution in [1.82, 2.24) is 59.4 Å². The molecule has 0 aliphatic rings. The van der Waals surface area contributed by atoms with Gasteiger partial charge < -0.3 is 33.8 Å². The first kappa shape index (κ1) is 78.2. The van der Waals surface area contributed by atoms with Gasteiger partial charge in [-0.05, 0) is 334 Å². The average molecular weight is 1530 g/mol. The van der Waals surface area contributed by atoms with Crippen molar-refractivity contribution in [3.05, 3.63) is 290 Å². The fourth-order valence-electron chi connectivity index (χ4n) is 13.5. The minimum Gasteiger partial charge on any atom is -0.491 e. The van der Waals surface area contributed by atoms with Crippen LogP contribution in [0.1, 0.15) is 111 Å². The van der Waals surface area contributed by atoms with Crippen molar-refractivity contribution >= 4 is 55.4 Å². The highest BCUT2D eigenvalue weighted by Crippen LogP contribution is 2.35. The third-order valence-corrected chi connectivity index (χ3v) is 19.0. The van der Waals surface area contributed by atoms with Gasteiger partial charge in [0, 0.05) is 29.0 Å². The number of aliphatic hydroxyl groups is 1. The van der Waals surface area contributed by atoms with Crippen molar-refractivity contribution in [3.8, 4) is 102 Å². The third kappa shape index (κ3) is 18.7. The number of benzene rings is 11. The maximum absolute atomic E-state index is 11.5. The number of imidazole rings is 1. The second-order valence-corrected chi connectivity index (χ2v) is 30.3. The lowest BCUT2D eigenvalue weighted by molar-refractivity contribution is 0.0786. The maximum atomic E-state index is 11.5. The standard InChI is InChI=1S/C25H27N3O2.C25H26N2O2.C23H20N4O.C23H21N3O2/c1-16(2)29-21-10-6-19(7-11-21)23-15-25-24(14-18(23)5)26-27-28(25)20-8-12-22(13-9-20)30-17(3)4;1-17(2)29-22-12-7-19(8-13-22)23-15-26-24-14-9-20(16-27(23)24)18-5-10-21(11-6-18)25(3,4)28;1-15(2)28-20-7-5-19(6-8-20)27-23-14-17(4-10-22(23)25-26-27)16-3-9-21-18(13-16)11-12-24-21;1-15(2)28-21-11-9-20(10-12-21)26-23-14-19(8-13-22(23)24-25-26)18-6-4-17(5-7-18)16(3)27/h6-17H,1-5H3;5-17,28H,1-4H3;3-15,24H,1-2H3;4-15H,1-3H3. The van der Waals surface area contributed by atoms with E-state index in [4.69, 9.17) is 23.7 Å². The van der Waals surface area contributed by atoms with Gasteiger partial charge in [-0.1, -0.05) is 94.5 Å². The Labute approximate surface area is 669 Å². The van der Waals surface area contributed by atoms with E-state index in [2.05, 4.69) is 143 Å². The van der Waals surface area contributed by atoms with Crippen LogP contribution < -0.4 is 23.7 Å². The number of H-pyrrole nitrogens is 1. The highest BCUT2D eigenvalue weighted by Gasteiger charge is 2.19. The molecule has 0 saturated heterocycles. The van der Waals surface area contributed by atoms with Crippen LogP contribution in [0.5, 0.6) is 28.7 Å². The van der Waals surface area contributed by atoms with E-state index < -0.39 is 5.60 Å². The molecule has 0 radical (unpaired) electrons. The Kier molecular flexibility index (Phi) is 23.3. The lowest BCUT2D eigenvalue weighted by Gasteiger charge is -2.18. The lowest BCUT2D eigenvalue weighted by Crippen LogP contribution is -2.14. The predicted octanol–water partition coefficient (Wildman–Crippen LogP) is 22.1. The molecule has 0 amide bonds. The van der Waals surface area contributed by atoms with Crippen LogP contribution in [0.2, 0.25) is 0 Å². The Morgan fingerprint density at radius 3 is 1.24 bits per heavy atom. The van der Waals surface area contributed by atoms with E-state index in [1.807, 2.05) is 266 Å². The SMILES string of the molecule is CC(=O)c1ccc(-c2ccc3nnn(-c4ccc(OC(C)C)cc4)c3c2)cc1.CC(C)Oc1ccc(-c2cnc3ccc(-c4ccc(C(C)(C)O)cc4)cn23)cc1.CC(C)Oc1ccc(-n2nnc3ccc(-c4ccc5[nH]ccc5c4)cc32)cc1.Cc1cc2nnn(-c3ccc(OC(C)C)cc3)c2cc1-c1ccc(OC(C)C)cc1. The molecule has 0 aliphatic carbocycles. The zero-order chi connectivity index (χ0) is 80.6. The van der Waals surface area contributed by atoms with Crippen molar-refractivity contribution in [3.63, 3.8) is 0 Å². The molecule has 0 bridgehead atoms. The van der Waals surface area contributed by atoms with Crippen LogP contribution in [0.4, 0.5) is 0 Å². The molecule has 19 nitrogen and oxygen atoms in total. The molecule has 6 aromatic heterocycles. The molecule has 0 aliphatic heterocycles. The lowest BCUT2D eigenvalue weighted by atomic mass is 9.96. The van der Waals surface area contributed by atoms with Crippen molar-refractivity contribution < 1.29 is 33.6 Å². The van der Waals surface area contributed by atoms with Crippen molar-refractivity contribution in [2.75, 3.05) is 0 Å². The van der Waals surface area contributed by atoms with Gasteiger partial charge in [0.05, 0.1) is 81.6 Å². The van der Waals surface area contributed by atoms with E-state index in [1.54, 1.807) is 20.8 Å². The zero-order valence-corrected chi connectivity index (χ0v) is 67.2. The Hall–Kier alpha value is -13.5. The van der Waals surface area contributed by atoms with E-state index in [0.29, 0.717) is 5.56 Å². The van der Waals surface area contributed by atoms with Gasteiger partial charge in [-0.25, -0.2) is 19.0 Å². The van der Waals surface area contributed by atoms with Crippen molar-refractivity contribution in [2.24, 2.45) is 0 Å². The number of Topliss-reactive ketones (excluding diaryl/α,β-unsaturated/α-hetero) is 1. The molecule has 0 fully saturated rings. The summed E-state index contributed by atoms with van der Waals surface area (Å²) in [6.07, 6.45) is 6.71. The van der Waals surface area contributed by atoms with Gasteiger partial charge >= 0.3 is 0 Å². The molecule has 11 aromatic carbocycles. The topological polar surface area (TPSA) is 209 Å². The molecular formula is C96H94N12O7. The Morgan fingerprint density at radius 2 is 0.783 bits per heavy atom. The predicted molar refractivity (Wildman–Crippen MR) is 460 cm³/mol. The molecule has 17 rings (SSSR count). The van der Waals surface area contributed by atoms with Gasteiger partial charge in [-0.15, -0.1) is 15.3 Å². The molecule has 115 heavy (non-hydrogen) atoms. The number of carbonyl (C=O) groups is 1. The summed E-state index contributed by atoms with van der Waals surface area (Å²) in [7, 11) is 0. The molecular weight excluding hydrogens is 1430 g/mol. The van der Waals surface area contributed by atoms with E-state index in [9.17, 15) is 9.90 Å². The minimum absolute atomic E-state index is 0.0640. The second-order valence-electron chi connectivity index (χ2n) is 30.3. The van der Waals surface area contributed by atoms with Gasteiger partial charge in [0.2, 0.25) is 0 Å². The summed E-state index contributed by atoms with van der Waals surface area (Å²) >= 11 is 0. The first-order valence-corrected chi connectivity index (χ1v) is 38.8. The largest absolute Gasteiger partial charge is 0.491 e. The summed E-state index contributed by atoms with van der Waals surface area (Å²) in [6, 6.07) is 84.9. The number of ether oxygens (including phenoxy) is 5. The summed E-state index contributed by atoms with van der Waals surface area (Å²) in [4.78, 5) is 19.3. The Balaban J connectivity index is 0.000000127. The number of carbonyl (C=O) groups excluding carboxylic acids is 1. The number of ketones is 1. The molecule has 19 heteroatoms.